The number of nitrogens with one attached hydrogen (secondary N) is 1. The van der Waals surface area contributed by atoms with Crippen LogP contribution in [0, 0.1) is 5.41 Å². The number of nitrogens with zero attached hydrogens (tertiary/aromatic N) is 1. The number of rotatable bonds is 6. The average Bonchev–Trinajstić information content (AvgIpc) is 2.34. The smallest absolute Gasteiger partial charge is 0.214 e. The van der Waals surface area contributed by atoms with Crippen LogP contribution in [0.1, 0.15) is 33.1 Å². The third-order valence-corrected chi connectivity index (χ3v) is 6.10. The van der Waals surface area contributed by atoms with Crippen molar-refractivity contribution in [2.75, 3.05) is 38.6 Å². The normalized spacial score (nSPS) is 25.2. The van der Waals surface area contributed by atoms with Crippen LogP contribution in [0.15, 0.2) is 0 Å². The van der Waals surface area contributed by atoms with Gasteiger partial charge in [0.05, 0.1) is 19.0 Å². The number of hydrogen-bond donors (Lipinski definition) is 1. The Kier molecular flexibility index (Phi) is 4.87. The van der Waals surface area contributed by atoms with Crippen molar-refractivity contribution in [2.45, 2.75) is 39.2 Å². The van der Waals surface area contributed by atoms with E-state index in [2.05, 4.69) is 12.2 Å². The molecule has 0 spiro atoms. The van der Waals surface area contributed by atoms with E-state index in [0.29, 0.717) is 25.6 Å². The first-order valence-corrected chi connectivity index (χ1v) is 8.85. The van der Waals surface area contributed by atoms with E-state index in [-0.39, 0.29) is 11.2 Å². The standard InChI is InChI=1S/C13H26N2O3S/c1-3-8-19(16,17)15-6-4-12(5-7-15)14-9-13(2)10-18-11-13/h12,14H,3-11H2,1-2H3. The third kappa shape index (κ3) is 3.90. The molecule has 2 saturated heterocycles. The summed E-state index contributed by atoms with van der Waals surface area (Å²) in [5.74, 6) is 0.278. The van der Waals surface area contributed by atoms with Crippen LogP contribution >= 0.6 is 0 Å². The molecule has 2 fully saturated rings. The third-order valence-electron chi connectivity index (χ3n) is 4.03. The quantitative estimate of drug-likeness (QED) is 0.787. The first-order valence-electron chi connectivity index (χ1n) is 7.24. The van der Waals surface area contributed by atoms with Crippen LogP contribution in [0.3, 0.4) is 0 Å². The lowest BCUT2D eigenvalue weighted by molar-refractivity contribution is -0.100. The number of sulfonamides is 1. The molecule has 2 heterocycles. The molecule has 0 atom stereocenters. The van der Waals surface area contributed by atoms with Crippen molar-refractivity contribution in [3.63, 3.8) is 0 Å². The second-order valence-electron chi connectivity index (χ2n) is 6.17. The molecule has 0 radical (unpaired) electrons. The van der Waals surface area contributed by atoms with Crippen LogP contribution in [0.5, 0.6) is 0 Å². The number of ether oxygens (including phenoxy) is 1. The Hall–Kier alpha value is -0.170. The first kappa shape index (κ1) is 15.2. The van der Waals surface area contributed by atoms with E-state index in [9.17, 15) is 8.42 Å². The Bertz CT molecular complexity index is 385. The maximum atomic E-state index is 12.0. The van der Waals surface area contributed by atoms with Crippen molar-refractivity contribution in [1.29, 1.82) is 0 Å². The molecule has 1 N–H and O–H groups in total. The van der Waals surface area contributed by atoms with Crippen LogP contribution in [-0.4, -0.2) is 57.4 Å². The van der Waals surface area contributed by atoms with E-state index in [1.54, 1.807) is 4.31 Å². The number of piperidine rings is 1. The summed E-state index contributed by atoms with van der Waals surface area (Å²) in [4.78, 5) is 0. The highest BCUT2D eigenvalue weighted by Gasteiger charge is 2.34. The lowest BCUT2D eigenvalue weighted by Gasteiger charge is -2.40. The molecule has 0 unspecified atom stereocenters. The van der Waals surface area contributed by atoms with E-state index >= 15 is 0 Å². The zero-order valence-corrected chi connectivity index (χ0v) is 12.8. The monoisotopic (exact) mass is 290 g/mol. The predicted molar refractivity (Wildman–Crippen MR) is 75.6 cm³/mol. The largest absolute Gasteiger partial charge is 0.380 e. The molecule has 0 aliphatic carbocycles. The van der Waals surface area contributed by atoms with Gasteiger partial charge in [-0.15, -0.1) is 0 Å². The molecular formula is C13H26N2O3S. The molecule has 5 nitrogen and oxygen atoms in total. The SMILES string of the molecule is CCCS(=O)(=O)N1CCC(NCC2(C)COC2)CC1. The fraction of sp³-hybridized carbons (Fsp3) is 1.00. The Balaban J connectivity index is 1.73. The molecular weight excluding hydrogens is 264 g/mol. The van der Waals surface area contributed by atoms with Gasteiger partial charge in [0, 0.05) is 31.1 Å². The molecule has 0 saturated carbocycles. The summed E-state index contributed by atoms with van der Waals surface area (Å²) in [6.45, 7) is 8.10. The van der Waals surface area contributed by atoms with E-state index in [4.69, 9.17) is 4.74 Å². The fourth-order valence-electron chi connectivity index (χ4n) is 2.67. The molecule has 0 bridgehead atoms. The molecule has 0 aromatic heterocycles. The predicted octanol–water partition coefficient (Wildman–Crippen LogP) is 0.817. The lowest BCUT2D eigenvalue weighted by atomic mass is 9.88. The van der Waals surface area contributed by atoms with E-state index in [1.807, 2.05) is 6.92 Å². The molecule has 0 amide bonds. The maximum absolute atomic E-state index is 12.0. The van der Waals surface area contributed by atoms with Gasteiger partial charge in [-0.3, -0.25) is 0 Å². The van der Waals surface area contributed by atoms with Crippen LogP contribution < -0.4 is 5.32 Å². The summed E-state index contributed by atoms with van der Waals surface area (Å²) >= 11 is 0. The van der Waals surface area contributed by atoms with Crippen molar-refractivity contribution in [2.24, 2.45) is 5.41 Å². The van der Waals surface area contributed by atoms with Crippen LogP contribution in [-0.2, 0) is 14.8 Å². The molecule has 112 valence electrons. The van der Waals surface area contributed by atoms with Gasteiger partial charge in [0.25, 0.3) is 0 Å². The summed E-state index contributed by atoms with van der Waals surface area (Å²) in [6, 6.07) is 0.450. The minimum atomic E-state index is -3.01. The maximum Gasteiger partial charge on any atom is 0.214 e. The first-order chi connectivity index (χ1) is 8.95. The summed E-state index contributed by atoms with van der Waals surface area (Å²) < 4.78 is 30.8. The van der Waals surface area contributed by atoms with Gasteiger partial charge in [0.15, 0.2) is 0 Å². The number of hydrogen-bond acceptors (Lipinski definition) is 4. The highest BCUT2D eigenvalue weighted by molar-refractivity contribution is 7.89. The molecule has 2 aliphatic heterocycles. The van der Waals surface area contributed by atoms with Gasteiger partial charge >= 0.3 is 0 Å². The van der Waals surface area contributed by atoms with Gasteiger partial charge in [0.1, 0.15) is 0 Å². The lowest BCUT2D eigenvalue weighted by Crippen LogP contribution is -2.52. The van der Waals surface area contributed by atoms with E-state index in [1.165, 1.54) is 0 Å². The summed E-state index contributed by atoms with van der Waals surface area (Å²) in [5, 5.41) is 3.57. The molecule has 0 aromatic carbocycles. The Morgan fingerprint density at radius 1 is 1.32 bits per heavy atom. The Labute approximate surface area is 116 Å². The zero-order chi connectivity index (χ0) is 13.9. The van der Waals surface area contributed by atoms with Crippen LogP contribution in [0.25, 0.3) is 0 Å². The molecule has 2 rings (SSSR count). The Morgan fingerprint density at radius 3 is 2.42 bits per heavy atom. The van der Waals surface area contributed by atoms with Gasteiger partial charge in [-0.1, -0.05) is 13.8 Å². The molecule has 19 heavy (non-hydrogen) atoms. The summed E-state index contributed by atoms with van der Waals surface area (Å²) in [7, 11) is -3.01. The van der Waals surface area contributed by atoms with Crippen molar-refractivity contribution in [3.8, 4) is 0 Å². The summed E-state index contributed by atoms with van der Waals surface area (Å²) in [5.41, 5.74) is 0.283. The van der Waals surface area contributed by atoms with Crippen LogP contribution in [0.4, 0.5) is 0 Å². The highest BCUT2D eigenvalue weighted by atomic mass is 32.2. The van der Waals surface area contributed by atoms with Crippen molar-refractivity contribution < 1.29 is 13.2 Å². The van der Waals surface area contributed by atoms with Gasteiger partial charge in [-0.05, 0) is 19.3 Å². The van der Waals surface area contributed by atoms with Gasteiger partial charge in [-0.25, -0.2) is 12.7 Å². The van der Waals surface area contributed by atoms with E-state index in [0.717, 1.165) is 32.6 Å². The summed E-state index contributed by atoms with van der Waals surface area (Å²) in [6.07, 6.45) is 2.53. The molecule has 6 heteroatoms. The second-order valence-corrected chi connectivity index (χ2v) is 8.26. The molecule has 0 aromatic rings. The average molecular weight is 290 g/mol. The van der Waals surface area contributed by atoms with Crippen molar-refractivity contribution >= 4 is 10.0 Å². The fourth-order valence-corrected chi connectivity index (χ4v) is 4.21. The topological polar surface area (TPSA) is 58.6 Å². The highest BCUT2D eigenvalue weighted by Crippen LogP contribution is 2.26. The molecule has 2 aliphatic rings. The minimum Gasteiger partial charge on any atom is -0.380 e. The van der Waals surface area contributed by atoms with Crippen molar-refractivity contribution in [1.82, 2.24) is 9.62 Å². The van der Waals surface area contributed by atoms with Gasteiger partial charge in [0.2, 0.25) is 10.0 Å². The van der Waals surface area contributed by atoms with Gasteiger partial charge in [-0.2, -0.15) is 0 Å². The Morgan fingerprint density at radius 2 is 1.95 bits per heavy atom. The second kappa shape index (κ2) is 6.08. The minimum absolute atomic E-state index is 0.278. The van der Waals surface area contributed by atoms with Gasteiger partial charge < -0.3 is 10.1 Å². The van der Waals surface area contributed by atoms with Crippen molar-refractivity contribution in [3.05, 3.63) is 0 Å². The van der Waals surface area contributed by atoms with E-state index < -0.39 is 10.0 Å². The van der Waals surface area contributed by atoms with Crippen LogP contribution in [0.2, 0.25) is 0 Å². The zero-order valence-electron chi connectivity index (χ0n) is 12.0.